The third-order valence-corrected chi connectivity index (χ3v) is 3.67. The first-order valence-corrected chi connectivity index (χ1v) is 10.9. The summed E-state index contributed by atoms with van der Waals surface area (Å²) in [5.41, 5.74) is 0. The highest BCUT2D eigenvalue weighted by molar-refractivity contribution is 5.75. The number of alkyl halides is 4. The van der Waals surface area contributed by atoms with Crippen molar-refractivity contribution < 1.29 is 70.8 Å². The largest absolute Gasteiger partial charge is 0.394 e. The summed E-state index contributed by atoms with van der Waals surface area (Å²) < 4.78 is 86.4. The Morgan fingerprint density at radius 3 is 1.80 bits per heavy atom. The highest BCUT2D eigenvalue weighted by atomic mass is 19.3. The molecule has 3 N–H and O–H groups in total. The van der Waals surface area contributed by atoms with E-state index in [1.807, 2.05) is 0 Å². The first-order valence-electron chi connectivity index (χ1n) is 10.9. The van der Waals surface area contributed by atoms with Gasteiger partial charge in [-0.1, -0.05) is 0 Å². The second-order valence-corrected chi connectivity index (χ2v) is 7.33. The fourth-order valence-electron chi connectivity index (χ4n) is 2.23. The number of hydrogen-bond acceptors (Lipinski definition) is 11. The first kappa shape index (κ1) is 34.0. The van der Waals surface area contributed by atoms with Crippen LogP contribution in [0.4, 0.5) is 17.6 Å². The zero-order valence-corrected chi connectivity index (χ0v) is 19.7. The van der Waals surface area contributed by atoms with Gasteiger partial charge in [-0.05, 0) is 13.3 Å². The maximum Gasteiger partial charge on any atom is 0.383 e. The molecule has 2 unspecified atom stereocenters. The predicted octanol–water partition coefficient (Wildman–Crippen LogP) is 0.329. The standard InChI is InChI=1S/C20H36F4O11/c1-16(26)3-2-5-29-9-18(28)12-33-13-19(21,22)35-20(23,24)14-34-15-32-8-7-31-11-17(27)10-30-6-4-25/h17-18,25,27-28H,2-15H2,1H3. The molecule has 11 nitrogen and oxygen atoms in total. The Morgan fingerprint density at radius 1 is 0.743 bits per heavy atom. The Bertz CT molecular complexity index is 529. The van der Waals surface area contributed by atoms with E-state index < -0.39 is 51.0 Å². The van der Waals surface area contributed by atoms with E-state index in [4.69, 9.17) is 24.1 Å². The molecule has 0 amide bonds. The quantitative estimate of drug-likeness (QED) is 0.0857. The third kappa shape index (κ3) is 23.2. The molecular weight excluding hydrogens is 492 g/mol. The van der Waals surface area contributed by atoms with Gasteiger partial charge in [0.15, 0.2) is 0 Å². The number of ether oxygens (including phenoxy) is 7. The number of Topliss-reactive ketones (excluding diaryl/α,β-unsaturated/α-hetero) is 1. The van der Waals surface area contributed by atoms with Gasteiger partial charge in [0.05, 0.1) is 52.9 Å². The Kier molecular flexibility index (Phi) is 19.5. The maximum atomic E-state index is 13.6. The summed E-state index contributed by atoms with van der Waals surface area (Å²) >= 11 is 0. The van der Waals surface area contributed by atoms with Crippen molar-refractivity contribution in [2.24, 2.45) is 0 Å². The maximum absolute atomic E-state index is 13.6. The topological polar surface area (TPSA) is 142 Å². The molecule has 0 bridgehead atoms. The lowest BCUT2D eigenvalue weighted by atomic mass is 10.2. The molecule has 0 aromatic carbocycles. The second kappa shape index (κ2) is 20.1. The lowest BCUT2D eigenvalue weighted by Gasteiger charge is -2.24. The Labute approximate surface area is 201 Å². The summed E-state index contributed by atoms with van der Waals surface area (Å²) in [6.45, 7) is -3.23. The zero-order chi connectivity index (χ0) is 26.6. The SMILES string of the molecule is CC(=O)CCCOCC(O)COCC(F)(F)OC(F)(F)COCOCCOCC(O)COCCO. The number of carbonyl (C=O) groups is 1. The van der Waals surface area contributed by atoms with E-state index in [-0.39, 0.29) is 58.6 Å². The second-order valence-electron chi connectivity index (χ2n) is 7.33. The molecule has 0 radical (unpaired) electrons. The van der Waals surface area contributed by atoms with Crippen LogP contribution in [0.1, 0.15) is 19.8 Å². The normalized spacial score (nSPS) is 14.3. The average Bonchev–Trinajstić information content (AvgIpc) is 2.74. The minimum Gasteiger partial charge on any atom is -0.394 e. The number of carbonyl (C=O) groups excluding carboxylic acids is 1. The van der Waals surface area contributed by atoms with E-state index in [1.54, 1.807) is 0 Å². The Balaban J connectivity index is 3.83. The van der Waals surface area contributed by atoms with Gasteiger partial charge >= 0.3 is 12.2 Å². The molecule has 2 atom stereocenters. The van der Waals surface area contributed by atoms with Crippen molar-refractivity contribution in [1.29, 1.82) is 0 Å². The van der Waals surface area contributed by atoms with Crippen LogP contribution in [0.15, 0.2) is 0 Å². The van der Waals surface area contributed by atoms with Gasteiger partial charge in [0, 0.05) is 13.0 Å². The van der Waals surface area contributed by atoms with Gasteiger partial charge in [-0.25, -0.2) is 0 Å². The molecule has 210 valence electrons. The van der Waals surface area contributed by atoms with Crippen molar-refractivity contribution in [3.8, 4) is 0 Å². The highest BCUT2D eigenvalue weighted by Gasteiger charge is 2.44. The van der Waals surface area contributed by atoms with Crippen molar-refractivity contribution in [3.05, 3.63) is 0 Å². The van der Waals surface area contributed by atoms with Crippen LogP contribution in [-0.2, 0) is 38.0 Å². The fraction of sp³-hybridized carbons (Fsp3) is 0.950. The van der Waals surface area contributed by atoms with E-state index in [0.29, 0.717) is 12.8 Å². The monoisotopic (exact) mass is 528 g/mol. The summed E-state index contributed by atoms with van der Waals surface area (Å²) in [5, 5.41) is 27.5. The zero-order valence-electron chi connectivity index (χ0n) is 19.7. The van der Waals surface area contributed by atoms with Gasteiger partial charge in [-0.15, -0.1) is 0 Å². The molecular formula is C20H36F4O11. The molecule has 0 fully saturated rings. The van der Waals surface area contributed by atoms with Crippen LogP contribution in [-0.4, -0.2) is 125 Å². The van der Waals surface area contributed by atoms with Gasteiger partial charge in [0.1, 0.15) is 38.0 Å². The van der Waals surface area contributed by atoms with Crippen molar-refractivity contribution in [2.75, 3.05) is 79.5 Å². The minimum absolute atomic E-state index is 0.00196. The van der Waals surface area contributed by atoms with Crippen LogP contribution in [0.25, 0.3) is 0 Å². The molecule has 0 spiro atoms. The molecule has 0 rings (SSSR count). The van der Waals surface area contributed by atoms with Gasteiger partial charge < -0.3 is 48.5 Å². The molecule has 0 aromatic heterocycles. The van der Waals surface area contributed by atoms with Crippen LogP contribution in [0.5, 0.6) is 0 Å². The van der Waals surface area contributed by atoms with Crippen molar-refractivity contribution in [3.63, 3.8) is 0 Å². The summed E-state index contributed by atoms with van der Waals surface area (Å²) in [6, 6.07) is 0. The first-order chi connectivity index (χ1) is 16.5. The summed E-state index contributed by atoms with van der Waals surface area (Å²) in [4.78, 5) is 10.8. The van der Waals surface area contributed by atoms with Gasteiger partial charge in [0.25, 0.3) is 0 Å². The van der Waals surface area contributed by atoms with Crippen molar-refractivity contribution >= 4 is 5.78 Å². The van der Waals surface area contributed by atoms with Crippen LogP contribution >= 0.6 is 0 Å². The molecule has 0 aliphatic carbocycles. The lowest BCUT2D eigenvalue weighted by Crippen LogP contribution is -2.40. The molecule has 0 aliphatic rings. The van der Waals surface area contributed by atoms with E-state index in [0.717, 1.165) is 0 Å². The molecule has 0 heterocycles. The lowest BCUT2D eigenvalue weighted by molar-refractivity contribution is -0.396. The minimum atomic E-state index is -4.36. The summed E-state index contributed by atoms with van der Waals surface area (Å²) in [5.74, 6) is -0.0188. The van der Waals surface area contributed by atoms with Crippen molar-refractivity contribution in [2.45, 2.75) is 44.2 Å². The number of rotatable bonds is 25. The van der Waals surface area contributed by atoms with E-state index in [2.05, 4.69) is 14.2 Å². The highest BCUT2D eigenvalue weighted by Crippen LogP contribution is 2.27. The fourth-order valence-corrected chi connectivity index (χ4v) is 2.23. The number of aliphatic hydroxyl groups is 3. The smallest absolute Gasteiger partial charge is 0.383 e. The van der Waals surface area contributed by atoms with Crippen molar-refractivity contribution in [1.82, 2.24) is 0 Å². The molecule has 0 saturated carbocycles. The van der Waals surface area contributed by atoms with Crippen LogP contribution in [0, 0.1) is 0 Å². The summed E-state index contributed by atoms with van der Waals surface area (Å²) in [7, 11) is 0. The van der Waals surface area contributed by atoms with Gasteiger partial charge in [-0.3, -0.25) is 4.74 Å². The molecule has 15 heteroatoms. The van der Waals surface area contributed by atoms with Crippen LogP contribution in [0.3, 0.4) is 0 Å². The Morgan fingerprint density at radius 2 is 1.23 bits per heavy atom. The molecule has 0 saturated heterocycles. The molecule has 0 aliphatic heterocycles. The average molecular weight is 528 g/mol. The molecule has 0 aromatic rings. The van der Waals surface area contributed by atoms with Gasteiger partial charge in [0.2, 0.25) is 0 Å². The van der Waals surface area contributed by atoms with E-state index in [9.17, 15) is 32.6 Å². The van der Waals surface area contributed by atoms with E-state index >= 15 is 0 Å². The number of ketones is 1. The number of aliphatic hydroxyl groups excluding tert-OH is 3. The van der Waals surface area contributed by atoms with Crippen LogP contribution in [0.2, 0.25) is 0 Å². The predicted molar refractivity (Wildman–Crippen MR) is 110 cm³/mol. The number of halogens is 4. The Hall–Kier alpha value is -1.01. The summed E-state index contributed by atoms with van der Waals surface area (Å²) in [6.07, 6.45) is -10.1. The molecule has 35 heavy (non-hydrogen) atoms. The van der Waals surface area contributed by atoms with Crippen LogP contribution < -0.4 is 0 Å². The third-order valence-electron chi connectivity index (χ3n) is 3.67. The number of hydrogen-bond donors (Lipinski definition) is 3. The van der Waals surface area contributed by atoms with E-state index in [1.165, 1.54) is 6.92 Å². The van der Waals surface area contributed by atoms with Gasteiger partial charge in [-0.2, -0.15) is 17.6 Å².